The van der Waals surface area contributed by atoms with Crippen LogP contribution in [0, 0.1) is 6.92 Å². The lowest BCUT2D eigenvalue weighted by Gasteiger charge is -2.09. The van der Waals surface area contributed by atoms with Crippen molar-refractivity contribution >= 4 is 11.3 Å². The minimum Gasteiger partial charge on any atom is -0.468 e. The predicted molar refractivity (Wildman–Crippen MR) is 65.7 cm³/mol. The van der Waals surface area contributed by atoms with Gasteiger partial charge in [-0.05, 0) is 26.0 Å². The van der Waals surface area contributed by atoms with Crippen molar-refractivity contribution in [2.45, 2.75) is 26.3 Å². The normalized spacial score (nSPS) is 12.9. The van der Waals surface area contributed by atoms with Crippen molar-refractivity contribution in [2.75, 3.05) is 6.54 Å². The smallest absolute Gasteiger partial charge is 0.120 e. The van der Waals surface area contributed by atoms with E-state index in [1.807, 2.05) is 18.3 Å². The Morgan fingerprint density at radius 1 is 1.56 bits per heavy atom. The Morgan fingerprint density at radius 3 is 3.06 bits per heavy atom. The molecule has 2 aromatic rings. The molecule has 0 fully saturated rings. The summed E-state index contributed by atoms with van der Waals surface area (Å²) in [6.07, 6.45) is 4.61. The van der Waals surface area contributed by atoms with Crippen LogP contribution in [-0.4, -0.2) is 11.5 Å². The first-order valence-corrected chi connectivity index (χ1v) is 6.25. The van der Waals surface area contributed by atoms with Crippen molar-refractivity contribution < 1.29 is 4.42 Å². The molecule has 3 nitrogen and oxygen atoms in total. The highest BCUT2D eigenvalue weighted by molar-refractivity contribution is 7.11. The molecule has 4 heteroatoms. The zero-order valence-corrected chi connectivity index (χ0v) is 10.4. The van der Waals surface area contributed by atoms with E-state index in [4.69, 9.17) is 4.42 Å². The molecule has 1 unspecified atom stereocenters. The van der Waals surface area contributed by atoms with Crippen LogP contribution < -0.4 is 5.32 Å². The van der Waals surface area contributed by atoms with E-state index in [9.17, 15) is 0 Å². The van der Waals surface area contributed by atoms with Gasteiger partial charge in [0, 0.05) is 24.0 Å². The van der Waals surface area contributed by atoms with Crippen LogP contribution in [0.25, 0.3) is 0 Å². The van der Waals surface area contributed by atoms with Gasteiger partial charge >= 0.3 is 0 Å². The van der Waals surface area contributed by atoms with Gasteiger partial charge in [0.2, 0.25) is 0 Å². The minimum atomic E-state index is 0.260. The Labute approximate surface area is 99.5 Å². The number of hydrogen-bond acceptors (Lipinski definition) is 4. The molecule has 16 heavy (non-hydrogen) atoms. The van der Waals surface area contributed by atoms with Crippen molar-refractivity contribution in [2.24, 2.45) is 0 Å². The molecule has 2 rings (SSSR count). The van der Waals surface area contributed by atoms with E-state index in [1.165, 1.54) is 9.88 Å². The Kier molecular flexibility index (Phi) is 3.74. The first-order chi connectivity index (χ1) is 7.75. The Hall–Kier alpha value is -1.13. The van der Waals surface area contributed by atoms with Gasteiger partial charge < -0.3 is 9.73 Å². The van der Waals surface area contributed by atoms with E-state index < -0.39 is 0 Å². The van der Waals surface area contributed by atoms with Gasteiger partial charge in [0.15, 0.2) is 0 Å². The molecule has 0 saturated heterocycles. The zero-order chi connectivity index (χ0) is 11.4. The topological polar surface area (TPSA) is 38.1 Å². The number of rotatable bonds is 5. The molecule has 0 radical (unpaired) electrons. The maximum Gasteiger partial charge on any atom is 0.120 e. The Balaban J connectivity index is 1.76. The maximum absolute atomic E-state index is 5.33. The van der Waals surface area contributed by atoms with Crippen LogP contribution in [0.2, 0.25) is 0 Å². The zero-order valence-electron chi connectivity index (χ0n) is 9.56. The summed E-state index contributed by atoms with van der Waals surface area (Å²) >= 11 is 1.76. The summed E-state index contributed by atoms with van der Waals surface area (Å²) in [6, 6.07) is 4.17. The Morgan fingerprint density at radius 2 is 2.44 bits per heavy atom. The summed E-state index contributed by atoms with van der Waals surface area (Å²) in [5.41, 5.74) is 0. The van der Waals surface area contributed by atoms with Gasteiger partial charge in [-0.1, -0.05) is 0 Å². The molecule has 0 aliphatic carbocycles. The molecular weight excluding hydrogens is 220 g/mol. The van der Waals surface area contributed by atoms with Crippen LogP contribution in [-0.2, 0) is 6.42 Å². The van der Waals surface area contributed by atoms with E-state index >= 15 is 0 Å². The summed E-state index contributed by atoms with van der Waals surface area (Å²) in [6.45, 7) is 5.11. The molecule has 1 atom stereocenters. The number of hydrogen-bond donors (Lipinski definition) is 1. The van der Waals surface area contributed by atoms with Crippen molar-refractivity contribution in [3.63, 3.8) is 0 Å². The van der Waals surface area contributed by atoms with Crippen LogP contribution in [0.1, 0.15) is 28.6 Å². The number of furan rings is 1. The van der Waals surface area contributed by atoms with Gasteiger partial charge in [-0.25, -0.2) is 4.98 Å². The van der Waals surface area contributed by atoms with Crippen molar-refractivity contribution in [1.82, 2.24) is 10.3 Å². The third-order valence-electron chi connectivity index (χ3n) is 2.43. The first-order valence-electron chi connectivity index (χ1n) is 5.44. The van der Waals surface area contributed by atoms with Crippen LogP contribution in [0.4, 0.5) is 0 Å². The van der Waals surface area contributed by atoms with E-state index in [-0.39, 0.29) is 6.04 Å². The van der Waals surface area contributed by atoms with Gasteiger partial charge in [0.25, 0.3) is 0 Å². The fourth-order valence-corrected chi connectivity index (χ4v) is 2.34. The fourth-order valence-electron chi connectivity index (χ4n) is 1.55. The molecule has 2 aromatic heterocycles. The number of aromatic nitrogens is 1. The average molecular weight is 236 g/mol. The molecule has 0 aromatic carbocycles. The van der Waals surface area contributed by atoms with Gasteiger partial charge in [-0.3, -0.25) is 0 Å². The monoisotopic (exact) mass is 236 g/mol. The van der Waals surface area contributed by atoms with Crippen LogP contribution in [0.15, 0.2) is 29.0 Å². The number of nitrogens with one attached hydrogen (secondary N) is 1. The van der Waals surface area contributed by atoms with E-state index in [1.54, 1.807) is 17.6 Å². The molecular formula is C12H16N2OS. The Bertz CT molecular complexity index is 422. The second kappa shape index (κ2) is 5.27. The highest BCUT2D eigenvalue weighted by Crippen LogP contribution is 2.14. The fraction of sp³-hybridized carbons (Fsp3) is 0.417. The van der Waals surface area contributed by atoms with Crippen LogP contribution in [0.3, 0.4) is 0 Å². The van der Waals surface area contributed by atoms with Crippen LogP contribution in [0.5, 0.6) is 0 Å². The SMILES string of the molecule is Cc1cnc(CCNC(C)c2ccco2)s1. The minimum absolute atomic E-state index is 0.260. The lowest BCUT2D eigenvalue weighted by Crippen LogP contribution is -2.20. The van der Waals surface area contributed by atoms with E-state index in [2.05, 4.69) is 24.1 Å². The van der Waals surface area contributed by atoms with E-state index in [0.29, 0.717) is 0 Å². The molecule has 0 bridgehead atoms. The second-order valence-electron chi connectivity index (χ2n) is 3.81. The van der Waals surface area contributed by atoms with Crippen molar-refractivity contribution in [3.8, 4) is 0 Å². The molecule has 0 aliphatic rings. The third-order valence-corrected chi connectivity index (χ3v) is 3.40. The first kappa shape index (κ1) is 11.4. The lowest BCUT2D eigenvalue weighted by molar-refractivity contribution is 0.432. The number of aryl methyl sites for hydroxylation is 1. The summed E-state index contributed by atoms with van der Waals surface area (Å²) in [4.78, 5) is 5.60. The summed E-state index contributed by atoms with van der Waals surface area (Å²) in [5, 5.41) is 4.61. The number of nitrogens with zero attached hydrogens (tertiary/aromatic N) is 1. The van der Waals surface area contributed by atoms with Crippen LogP contribution >= 0.6 is 11.3 Å². The van der Waals surface area contributed by atoms with Crippen molar-refractivity contribution in [3.05, 3.63) is 40.2 Å². The molecule has 0 spiro atoms. The molecule has 0 aliphatic heterocycles. The van der Waals surface area contributed by atoms with Gasteiger partial charge in [-0.15, -0.1) is 11.3 Å². The molecule has 2 heterocycles. The summed E-state index contributed by atoms with van der Waals surface area (Å²) in [7, 11) is 0. The standard InChI is InChI=1S/C12H16N2OS/c1-9-8-14-12(16-9)5-6-13-10(2)11-4-3-7-15-11/h3-4,7-8,10,13H,5-6H2,1-2H3. The highest BCUT2D eigenvalue weighted by atomic mass is 32.1. The van der Waals surface area contributed by atoms with Gasteiger partial charge in [0.1, 0.15) is 5.76 Å². The summed E-state index contributed by atoms with van der Waals surface area (Å²) < 4.78 is 5.33. The average Bonchev–Trinajstić information content (AvgIpc) is 2.89. The molecule has 86 valence electrons. The summed E-state index contributed by atoms with van der Waals surface area (Å²) in [5.74, 6) is 0.982. The number of thiazole rings is 1. The van der Waals surface area contributed by atoms with E-state index in [0.717, 1.165) is 18.7 Å². The van der Waals surface area contributed by atoms with Gasteiger partial charge in [-0.2, -0.15) is 0 Å². The van der Waals surface area contributed by atoms with Gasteiger partial charge in [0.05, 0.1) is 17.3 Å². The maximum atomic E-state index is 5.33. The van der Waals surface area contributed by atoms with Crippen molar-refractivity contribution in [1.29, 1.82) is 0 Å². The predicted octanol–water partition coefficient (Wildman–Crippen LogP) is 2.94. The molecule has 1 N–H and O–H groups in total. The molecule has 0 amide bonds. The quantitative estimate of drug-likeness (QED) is 0.867. The largest absolute Gasteiger partial charge is 0.468 e. The third kappa shape index (κ3) is 2.93. The molecule has 0 saturated carbocycles. The highest BCUT2D eigenvalue weighted by Gasteiger charge is 2.07. The second-order valence-corrected chi connectivity index (χ2v) is 5.13. The lowest BCUT2D eigenvalue weighted by atomic mass is 10.2.